The highest BCUT2D eigenvalue weighted by Gasteiger charge is 2.40. The topological polar surface area (TPSA) is 44.4 Å². The number of nitrogens with one attached hydrogen (secondary N) is 2. The number of carbonyl (C=O) groups excluding carboxylic acids is 1. The minimum atomic E-state index is -0.144. The molecule has 0 aliphatic carbocycles. The summed E-state index contributed by atoms with van der Waals surface area (Å²) >= 11 is 0. The lowest BCUT2D eigenvalue weighted by Crippen LogP contribution is -2.51. The predicted octanol–water partition coefficient (Wildman–Crippen LogP) is 1.37. The zero-order valence-electron chi connectivity index (χ0n) is 12.7. The molecule has 0 aromatic heterocycles. The number of likely N-dealkylation sites (tertiary alicyclic amines) is 1. The number of hydrogen-bond donors (Lipinski definition) is 2. The maximum atomic E-state index is 12.5. The van der Waals surface area contributed by atoms with Crippen molar-refractivity contribution < 1.29 is 4.79 Å². The van der Waals surface area contributed by atoms with E-state index < -0.39 is 0 Å². The lowest BCUT2D eigenvalue weighted by Gasteiger charge is -2.36. The monoisotopic (exact) mass is 267 g/mol. The summed E-state index contributed by atoms with van der Waals surface area (Å²) in [7, 11) is 0. The molecular formula is C15H29N3O. The number of rotatable bonds is 4. The Bertz CT molecular complexity index is 303. The summed E-state index contributed by atoms with van der Waals surface area (Å²) in [6.07, 6.45) is 4.12. The molecule has 0 aromatic rings. The Hall–Kier alpha value is -0.610. The van der Waals surface area contributed by atoms with Crippen LogP contribution < -0.4 is 10.6 Å². The lowest BCUT2D eigenvalue weighted by molar-refractivity contribution is -0.131. The third kappa shape index (κ3) is 3.29. The Morgan fingerprint density at radius 3 is 2.58 bits per heavy atom. The molecule has 2 rings (SSSR count). The van der Waals surface area contributed by atoms with E-state index in [1.165, 1.54) is 0 Å². The summed E-state index contributed by atoms with van der Waals surface area (Å²) in [5.74, 6) is 0.281. The van der Waals surface area contributed by atoms with Crippen LogP contribution in [0.25, 0.3) is 0 Å². The fourth-order valence-electron chi connectivity index (χ4n) is 3.30. The molecule has 2 N–H and O–H groups in total. The molecule has 0 spiro atoms. The van der Waals surface area contributed by atoms with Crippen LogP contribution in [0.3, 0.4) is 0 Å². The zero-order chi connectivity index (χ0) is 13.9. The Balaban J connectivity index is 1.83. The molecule has 1 amide bonds. The van der Waals surface area contributed by atoms with E-state index >= 15 is 0 Å². The quantitative estimate of drug-likeness (QED) is 0.808. The van der Waals surface area contributed by atoms with Crippen molar-refractivity contribution in [1.82, 2.24) is 15.5 Å². The molecule has 2 heterocycles. The average Bonchev–Trinajstić information content (AvgIpc) is 2.89. The van der Waals surface area contributed by atoms with Gasteiger partial charge in [-0.25, -0.2) is 0 Å². The molecule has 2 saturated heterocycles. The molecule has 110 valence electrons. The van der Waals surface area contributed by atoms with Crippen LogP contribution in [0.1, 0.15) is 46.5 Å². The Kier molecular flexibility index (Phi) is 4.85. The summed E-state index contributed by atoms with van der Waals surface area (Å²) in [6.45, 7) is 10.7. The fourth-order valence-corrected chi connectivity index (χ4v) is 3.30. The molecule has 2 fully saturated rings. The summed E-state index contributed by atoms with van der Waals surface area (Å²) < 4.78 is 0. The van der Waals surface area contributed by atoms with Crippen LogP contribution in [0.4, 0.5) is 0 Å². The van der Waals surface area contributed by atoms with E-state index in [0.29, 0.717) is 12.1 Å². The lowest BCUT2D eigenvalue weighted by atomic mass is 9.83. The van der Waals surface area contributed by atoms with Crippen LogP contribution in [-0.2, 0) is 4.79 Å². The van der Waals surface area contributed by atoms with Crippen molar-refractivity contribution in [3.63, 3.8) is 0 Å². The molecule has 1 atom stereocenters. The number of amides is 1. The van der Waals surface area contributed by atoms with Gasteiger partial charge < -0.3 is 15.5 Å². The van der Waals surface area contributed by atoms with Crippen molar-refractivity contribution in [1.29, 1.82) is 0 Å². The minimum Gasteiger partial charge on any atom is -0.353 e. The second-order valence-corrected chi connectivity index (χ2v) is 6.44. The Morgan fingerprint density at radius 2 is 2.11 bits per heavy atom. The van der Waals surface area contributed by atoms with Gasteiger partial charge in [-0.3, -0.25) is 4.79 Å². The Labute approximate surface area is 117 Å². The average molecular weight is 267 g/mol. The van der Waals surface area contributed by atoms with Gasteiger partial charge in [0.15, 0.2) is 0 Å². The van der Waals surface area contributed by atoms with Crippen molar-refractivity contribution in [2.45, 2.75) is 58.5 Å². The number of nitrogens with zero attached hydrogens (tertiary/aromatic N) is 1. The van der Waals surface area contributed by atoms with Gasteiger partial charge in [0, 0.05) is 31.7 Å². The van der Waals surface area contributed by atoms with Crippen LogP contribution in [-0.4, -0.2) is 49.1 Å². The molecule has 4 heteroatoms. The SMILES string of the molecule is CCC1(C(=O)NC2CCN(C(C)C)CC2)CCNC1. The number of hydrogen-bond acceptors (Lipinski definition) is 3. The van der Waals surface area contributed by atoms with Gasteiger partial charge in [-0.05, 0) is 46.1 Å². The van der Waals surface area contributed by atoms with Crippen LogP contribution in [0.5, 0.6) is 0 Å². The predicted molar refractivity (Wildman–Crippen MR) is 78.1 cm³/mol. The van der Waals surface area contributed by atoms with Crippen molar-refractivity contribution in [2.24, 2.45) is 5.41 Å². The third-order valence-corrected chi connectivity index (χ3v) is 5.00. The smallest absolute Gasteiger partial charge is 0.227 e. The summed E-state index contributed by atoms with van der Waals surface area (Å²) in [5.41, 5.74) is -0.144. The zero-order valence-corrected chi connectivity index (χ0v) is 12.7. The molecule has 0 aromatic carbocycles. The van der Waals surface area contributed by atoms with Gasteiger partial charge in [0.05, 0.1) is 5.41 Å². The van der Waals surface area contributed by atoms with E-state index in [1.807, 2.05) is 0 Å². The Morgan fingerprint density at radius 1 is 1.42 bits per heavy atom. The first kappa shape index (κ1) is 14.8. The molecule has 1 unspecified atom stereocenters. The standard InChI is InChI=1S/C15H29N3O/c1-4-15(7-8-16-11-15)14(19)17-13-5-9-18(10-6-13)12(2)3/h12-13,16H,4-11H2,1-3H3,(H,17,19). The van der Waals surface area contributed by atoms with E-state index in [0.717, 1.165) is 51.9 Å². The van der Waals surface area contributed by atoms with Crippen LogP contribution in [0, 0.1) is 5.41 Å². The third-order valence-electron chi connectivity index (χ3n) is 5.00. The van der Waals surface area contributed by atoms with Crippen molar-refractivity contribution in [3.05, 3.63) is 0 Å². The summed E-state index contributed by atoms with van der Waals surface area (Å²) in [5, 5.41) is 6.64. The highest BCUT2D eigenvalue weighted by molar-refractivity contribution is 5.83. The van der Waals surface area contributed by atoms with E-state index in [4.69, 9.17) is 0 Å². The summed E-state index contributed by atoms with van der Waals surface area (Å²) in [4.78, 5) is 15.0. The maximum absolute atomic E-state index is 12.5. The maximum Gasteiger partial charge on any atom is 0.227 e. The van der Waals surface area contributed by atoms with Crippen LogP contribution >= 0.6 is 0 Å². The van der Waals surface area contributed by atoms with E-state index in [2.05, 4.69) is 36.3 Å². The van der Waals surface area contributed by atoms with Gasteiger partial charge >= 0.3 is 0 Å². The van der Waals surface area contributed by atoms with Gasteiger partial charge in [0.25, 0.3) is 0 Å². The first-order valence-corrected chi connectivity index (χ1v) is 7.83. The molecule has 4 nitrogen and oxygen atoms in total. The molecule has 0 saturated carbocycles. The second-order valence-electron chi connectivity index (χ2n) is 6.44. The van der Waals surface area contributed by atoms with Crippen molar-refractivity contribution in [3.8, 4) is 0 Å². The highest BCUT2D eigenvalue weighted by Crippen LogP contribution is 2.30. The molecule has 2 aliphatic rings. The van der Waals surface area contributed by atoms with E-state index in [9.17, 15) is 4.79 Å². The molecule has 0 bridgehead atoms. The summed E-state index contributed by atoms with van der Waals surface area (Å²) in [6, 6.07) is 1.00. The minimum absolute atomic E-state index is 0.144. The van der Waals surface area contributed by atoms with Gasteiger partial charge in [0.1, 0.15) is 0 Å². The first-order valence-electron chi connectivity index (χ1n) is 7.83. The van der Waals surface area contributed by atoms with Gasteiger partial charge in [-0.15, -0.1) is 0 Å². The van der Waals surface area contributed by atoms with Gasteiger partial charge in [-0.1, -0.05) is 6.92 Å². The second kappa shape index (κ2) is 6.23. The molecule has 19 heavy (non-hydrogen) atoms. The molecule has 0 radical (unpaired) electrons. The van der Waals surface area contributed by atoms with Crippen LogP contribution in [0.2, 0.25) is 0 Å². The van der Waals surface area contributed by atoms with Gasteiger partial charge in [0.2, 0.25) is 5.91 Å². The fraction of sp³-hybridized carbons (Fsp3) is 0.933. The first-order chi connectivity index (χ1) is 9.07. The van der Waals surface area contributed by atoms with E-state index in [-0.39, 0.29) is 11.3 Å². The molecule has 2 aliphatic heterocycles. The van der Waals surface area contributed by atoms with Crippen molar-refractivity contribution in [2.75, 3.05) is 26.2 Å². The number of piperidine rings is 1. The normalized spacial score (nSPS) is 29.9. The molecular weight excluding hydrogens is 238 g/mol. The highest BCUT2D eigenvalue weighted by atomic mass is 16.2. The van der Waals surface area contributed by atoms with Crippen LogP contribution in [0.15, 0.2) is 0 Å². The van der Waals surface area contributed by atoms with Crippen molar-refractivity contribution >= 4 is 5.91 Å². The van der Waals surface area contributed by atoms with Gasteiger partial charge in [-0.2, -0.15) is 0 Å². The van der Waals surface area contributed by atoms with E-state index in [1.54, 1.807) is 0 Å². The largest absolute Gasteiger partial charge is 0.353 e. The number of carbonyl (C=O) groups is 1.